The predicted octanol–water partition coefficient (Wildman–Crippen LogP) is 4.29. The van der Waals surface area contributed by atoms with Gasteiger partial charge in [-0.1, -0.05) is 60.7 Å². The molecule has 0 aliphatic rings. The maximum absolute atomic E-state index is 12.7. The molecule has 1 aromatic heterocycles. The van der Waals surface area contributed by atoms with Gasteiger partial charge in [-0.3, -0.25) is 4.79 Å². The summed E-state index contributed by atoms with van der Waals surface area (Å²) in [5.41, 5.74) is 3.24. The SMILES string of the molecule is O=C(N[C@@H](C(=O)O)c1ccccc1)c1ccc2c(c1)nc(Cl)n2Cc1ccccc1. The minimum absolute atomic E-state index is 0.311. The van der Waals surface area contributed by atoms with Gasteiger partial charge >= 0.3 is 5.97 Å². The Hall–Kier alpha value is -3.64. The summed E-state index contributed by atoms with van der Waals surface area (Å²) in [6.45, 7) is 0.552. The Morgan fingerprint density at radius 1 is 1.00 bits per heavy atom. The fourth-order valence-corrected chi connectivity index (χ4v) is 3.55. The highest BCUT2D eigenvalue weighted by atomic mass is 35.5. The normalized spacial score (nSPS) is 11.9. The van der Waals surface area contributed by atoms with Gasteiger partial charge in [-0.15, -0.1) is 0 Å². The van der Waals surface area contributed by atoms with Crippen LogP contribution in [0, 0.1) is 0 Å². The number of nitrogens with one attached hydrogen (secondary N) is 1. The van der Waals surface area contributed by atoms with Gasteiger partial charge in [0.2, 0.25) is 5.28 Å². The molecule has 0 saturated carbocycles. The number of amides is 1. The topological polar surface area (TPSA) is 84.2 Å². The molecule has 0 fully saturated rings. The molecule has 0 saturated heterocycles. The molecule has 150 valence electrons. The predicted molar refractivity (Wildman–Crippen MR) is 115 cm³/mol. The van der Waals surface area contributed by atoms with Crippen molar-refractivity contribution in [2.24, 2.45) is 0 Å². The summed E-state index contributed by atoms with van der Waals surface area (Å²) in [6.07, 6.45) is 0. The minimum atomic E-state index is -1.14. The molecule has 2 N–H and O–H groups in total. The summed E-state index contributed by atoms with van der Waals surface area (Å²) < 4.78 is 1.86. The highest BCUT2D eigenvalue weighted by molar-refractivity contribution is 6.29. The van der Waals surface area contributed by atoms with Gasteiger partial charge in [-0.2, -0.15) is 0 Å². The zero-order chi connectivity index (χ0) is 21.1. The lowest BCUT2D eigenvalue weighted by Crippen LogP contribution is -2.33. The molecule has 3 aromatic carbocycles. The van der Waals surface area contributed by atoms with E-state index in [1.54, 1.807) is 48.5 Å². The third kappa shape index (κ3) is 4.04. The van der Waals surface area contributed by atoms with Crippen molar-refractivity contribution in [3.8, 4) is 0 Å². The first-order valence-electron chi connectivity index (χ1n) is 9.31. The molecule has 4 rings (SSSR count). The van der Waals surface area contributed by atoms with E-state index in [9.17, 15) is 14.7 Å². The van der Waals surface area contributed by atoms with Crippen LogP contribution in [-0.2, 0) is 11.3 Å². The molecule has 0 spiro atoms. The standard InChI is InChI=1S/C23H18ClN3O3/c24-23-25-18-13-17(11-12-19(18)27(23)14-15-7-3-1-4-8-15)21(28)26-20(22(29)30)16-9-5-2-6-10-16/h1-13,20H,14H2,(H,26,28)(H,29,30)/t20-/m1/s1. The number of imidazole rings is 1. The smallest absolute Gasteiger partial charge is 0.330 e. The maximum Gasteiger partial charge on any atom is 0.330 e. The third-order valence-corrected chi connectivity index (χ3v) is 5.09. The molecule has 4 aromatic rings. The van der Waals surface area contributed by atoms with E-state index < -0.39 is 17.9 Å². The number of benzene rings is 3. The number of carbonyl (C=O) groups excluding carboxylic acids is 1. The van der Waals surface area contributed by atoms with E-state index in [2.05, 4.69) is 10.3 Å². The van der Waals surface area contributed by atoms with Crippen LogP contribution in [0.15, 0.2) is 78.9 Å². The molecule has 0 aliphatic heterocycles. The van der Waals surface area contributed by atoms with Crippen molar-refractivity contribution in [3.63, 3.8) is 0 Å². The van der Waals surface area contributed by atoms with Crippen LogP contribution in [0.1, 0.15) is 27.5 Å². The average Bonchev–Trinajstić information content (AvgIpc) is 3.07. The average molecular weight is 420 g/mol. The Morgan fingerprint density at radius 3 is 2.33 bits per heavy atom. The zero-order valence-electron chi connectivity index (χ0n) is 15.8. The quantitative estimate of drug-likeness (QED) is 0.488. The van der Waals surface area contributed by atoms with Gasteiger partial charge in [0.1, 0.15) is 0 Å². The molecule has 0 radical (unpaired) electrons. The van der Waals surface area contributed by atoms with Crippen LogP contribution >= 0.6 is 11.6 Å². The molecule has 7 heteroatoms. The molecule has 0 bridgehead atoms. The largest absolute Gasteiger partial charge is 0.479 e. The number of hydrogen-bond donors (Lipinski definition) is 2. The zero-order valence-corrected chi connectivity index (χ0v) is 16.6. The second kappa shape index (κ2) is 8.39. The second-order valence-corrected chi connectivity index (χ2v) is 7.15. The van der Waals surface area contributed by atoms with E-state index in [4.69, 9.17) is 11.6 Å². The Morgan fingerprint density at radius 2 is 1.67 bits per heavy atom. The van der Waals surface area contributed by atoms with Gasteiger partial charge < -0.3 is 15.0 Å². The first-order valence-corrected chi connectivity index (χ1v) is 9.69. The number of aliphatic carboxylic acids is 1. The number of carbonyl (C=O) groups is 2. The third-order valence-electron chi connectivity index (χ3n) is 4.80. The van der Waals surface area contributed by atoms with Crippen LogP contribution in [0.3, 0.4) is 0 Å². The molecule has 0 unspecified atom stereocenters. The van der Waals surface area contributed by atoms with Gasteiger partial charge in [-0.25, -0.2) is 9.78 Å². The van der Waals surface area contributed by atoms with Crippen LogP contribution in [0.4, 0.5) is 0 Å². The molecular formula is C23H18ClN3O3. The van der Waals surface area contributed by atoms with Crippen LogP contribution < -0.4 is 5.32 Å². The Kier molecular flexibility index (Phi) is 5.50. The van der Waals surface area contributed by atoms with Crippen molar-refractivity contribution in [2.45, 2.75) is 12.6 Å². The fraction of sp³-hybridized carbons (Fsp3) is 0.0870. The first-order chi connectivity index (χ1) is 14.5. The lowest BCUT2D eigenvalue weighted by molar-refractivity contribution is -0.139. The van der Waals surface area contributed by atoms with Gasteiger partial charge in [0.25, 0.3) is 5.91 Å². The van der Waals surface area contributed by atoms with Gasteiger partial charge in [0, 0.05) is 5.56 Å². The van der Waals surface area contributed by atoms with Crippen molar-refractivity contribution >= 4 is 34.5 Å². The van der Waals surface area contributed by atoms with E-state index in [0.717, 1.165) is 11.1 Å². The lowest BCUT2D eigenvalue weighted by atomic mass is 10.1. The van der Waals surface area contributed by atoms with Crippen molar-refractivity contribution in [1.82, 2.24) is 14.9 Å². The highest BCUT2D eigenvalue weighted by Gasteiger charge is 2.23. The van der Waals surface area contributed by atoms with Gasteiger partial charge in [0.05, 0.1) is 17.6 Å². The highest BCUT2D eigenvalue weighted by Crippen LogP contribution is 2.23. The number of rotatable bonds is 6. The first kappa shape index (κ1) is 19.7. The number of hydrogen-bond acceptors (Lipinski definition) is 3. The fourth-order valence-electron chi connectivity index (χ4n) is 3.31. The summed E-state index contributed by atoms with van der Waals surface area (Å²) >= 11 is 6.33. The molecule has 0 aliphatic carbocycles. The van der Waals surface area contributed by atoms with Gasteiger partial charge in [0.15, 0.2) is 6.04 Å². The molecule has 1 heterocycles. The number of carboxylic acids is 1. The van der Waals surface area contributed by atoms with Crippen LogP contribution in [0.5, 0.6) is 0 Å². The number of fused-ring (bicyclic) bond motifs is 1. The van der Waals surface area contributed by atoms with E-state index in [1.165, 1.54) is 0 Å². The molecule has 1 atom stereocenters. The van der Waals surface area contributed by atoms with E-state index >= 15 is 0 Å². The Bertz CT molecular complexity index is 1210. The minimum Gasteiger partial charge on any atom is -0.479 e. The van der Waals surface area contributed by atoms with Crippen molar-refractivity contribution in [1.29, 1.82) is 0 Å². The Balaban J connectivity index is 1.60. The van der Waals surface area contributed by atoms with E-state index in [0.29, 0.717) is 28.5 Å². The molecule has 6 nitrogen and oxygen atoms in total. The van der Waals surface area contributed by atoms with Crippen molar-refractivity contribution < 1.29 is 14.7 Å². The summed E-state index contributed by atoms with van der Waals surface area (Å²) in [4.78, 5) is 28.7. The van der Waals surface area contributed by atoms with E-state index in [1.807, 2.05) is 34.9 Å². The van der Waals surface area contributed by atoms with Gasteiger partial charge in [-0.05, 0) is 40.9 Å². The Labute approximate surface area is 177 Å². The monoisotopic (exact) mass is 419 g/mol. The number of carboxylic acid groups (broad SMARTS) is 1. The number of nitrogens with zero attached hydrogens (tertiary/aromatic N) is 2. The number of aromatic nitrogens is 2. The summed E-state index contributed by atoms with van der Waals surface area (Å²) in [7, 11) is 0. The van der Waals surface area contributed by atoms with Crippen LogP contribution in [-0.4, -0.2) is 26.5 Å². The molecule has 30 heavy (non-hydrogen) atoms. The maximum atomic E-state index is 12.7. The van der Waals surface area contributed by atoms with E-state index in [-0.39, 0.29) is 0 Å². The molecular weight excluding hydrogens is 402 g/mol. The second-order valence-electron chi connectivity index (χ2n) is 6.81. The van der Waals surface area contributed by atoms with Crippen LogP contribution in [0.25, 0.3) is 11.0 Å². The molecule has 1 amide bonds. The van der Waals surface area contributed by atoms with Crippen molar-refractivity contribution in [2.75, 3.05) is 0 Å². The lowest BCUT2D eigenvalue weighted by Gasteiger charge is -2.15. The van der Waals surface area contributed by atoms with Crippen LogP contribution in [0.2, 0.25) is 5.28 Å². The number of halogens is 1. The van der Waals surface area contributed by atoms with Crippen molar-refractivity contribution in [3.05, 3.63) is 101 Å². The summed E-state index contributed by atoms with van der Waals surface area (Å²) in [5.74, 6) is -1.63. The summed E-state index contributed by atoms with van der Waals surface area (Å²) in [5, 5.41) is 12.4. The summed E-state index contributed by atoms with van der Waals surface area (Å²) in [6, 6.07) is 22.3.